The molecule has 0 radical (unpaired) electrons. The number of carboxylic acid groups (broad SMARTS) is 1. The molecular weight excluding hydrogens is 143 g/mol. The van der Waals surface area contributed by atoms with E-state index in [1.165, 1.54) is 12.4 Å². The molecule has 5 nitrogen and oxygen atoms in total. The van der Waals surface area contributed by atoms with Gasteiger partial charge in [-0.3, -0.25) is 9.97 Å². The molecule has 54 valence electrons. The Kier molecular flexibility index (Phi) is 6.79. The molecule has 11 heavy (non-hydrogen) atoms. The minimum absolute atomic E-state index is 0. The van der Waals surface area contributed by atoms with Crippen LogP contribution in [0.1, 0.15) is 10.5 Å². The molecule has 2 N–H and O–H groups in total. The first kappa shape index (κ1) is 12.8. The predicted octanol–water partition coefficient (Wildman–Crippen LogP) is -4.98. The van der Waals surface area contributed by atoms with E-state index in [2.05, 4.69) is 9.97 Å². The first-order valence-corrected chi connectivity index (χ1v) is 2.28. The first-order chi connectivity index (χ1) is 4.30. The minimum atomic E-state index is -1.30. The van der Waals surface area contributed by atoms with Gasteiger partial charge in [0.1, 0.15) is 5.69 Å². The maximum atomic E-state index is 9.99. The van der Waals surface area contributed by atoms with E-state index in [0.29, 0.717) is 0 Å². The van der Waals surface area contributed by atoms with E-state index in [4.69, 9.17) is 0 Å². The van der Waals surface area contributed by atoms with Crippen LogP contribution in [0.4, 0.5) is 0 Å². The fraction of sp³-hybridized carbons (Fsp3) is 0. The fourth-order valence-electron chi connectivity index (χ4n) is 0.405. The van der Waals surface area contributed by atoms with Crippen molar-refractivity contribution in [1.29, 1.82) is 0 Å². The van der Waals surface area contributed by atoms with E-state index in [0.717, 1.165) is 6.20 Å². The van der Waals surface area contributed by atoms with Gasteiger partial charge in [-0.1, -0.05) is 0 Å². The predicted molar refractivity (Wildman–Crippen MR) is 30.0 cm³/mol. The number of carboxylic acids is 1. The molecule has 0 amide bonds. The third-order valence-electron chi connectivity index (χ3n) is 0.772. The molecule has 1 aromatic rings. The molecule has 1 aromatic heterocycles. The van der Waals surface area contributed by atoms with E-state index < -0.39 is 5.97 Å². The number of aromatic nitrogens is 2. The number of carbonyl (C=O) groups is 1. The second-order valence-corrected chi connectivity index (χ2v) is 1.38. The second kappa shape index (κ2) is 5.86. The molecule has 0 saturated carbocycles. The topological polar surface area (TPSA) is 97.4 Å². The van der Waals surface area contributed by atoms with Crippen LogP contribution in [0.2, 0.25) is 0 Å². The zero-order chi connectivity index (χ0) is 6.69. The number of carbonyl (C=O) groups excluding carboxylic acids is 1. The molecule has 0 bridgehead atoms. The van der Waals surface area contributed by atoms with Crippen molar-refractivity contribution in [2.45, 2.75) is 0 Å². The molecule has 0 spiro atoms. The smallest absolute Gasteiger partial charge is 0.543 e. The molecule has 6 heteroatoms. The van der Waals surface area contributed by atoms with Gasteiger partial charge in [0.25, 0.3) is 0 Å². The summed E-state index contributed by atoms with van der Waals surface area (Å²) < 4.78 is 0. The van der Waals surface area contributed by atoms with Crippen LogP contribution in [-0.4, -0.2) is 21.4 Å². The van der Waals surface area contributed by atoms with E-state index in [-0.39, 0.29) is 30.0 Å². The van der Waals surface area contributed by atoms with Crippen LogP contribution in [0.3, 0.4) is 0 Å². The van der Waals surface area contributed by atoms with Crippen LogP contribution in [0.15, 0.2) is 18.6 Å². The molecule has 0 saturated heterocycles. The zero-order valence-corrected chi connectivity index (χ0v) is 5.94. The van der Waals surface area contributed by atoms with Gasteiger partial charge < -0.3 is 15.4 Å². The third-order valence-corrected chi connectivity index (χ3v) is 0.772. The summed E-state index contributed by atoms with van der Waals surface area (Å²) in [5.41, 5.74) is -0.141. The summed E-state index contributed by atoms with van der Waals surface area (Å²) in [5.74, 6) is -1.30. The van der Waals surface area contributed by atoms with Crippen molar-refractivity contribution in [3.63, 3.8) is 0 Å². The van der Waals surface area contributed by atoms with Gasteiger partial charge in [0.05, 0.1) is 12.2 Å². The van der Waals surface area contributed by atoms with Crippen molar-refractivity contribution < 1.29 is 34.2 Å². The summed E-state index contributed by atoms with van der Waals surface area (Å²) in [6.07, 6.45) is 3.83. The molecule has 0 aliphatic heterocycles. The molecule has 0 aliphatic carbocycles. The zero-order valence-electron chi connectivity index (χ0n) is 5.94. The standard InChI is InChI=1S/C5H4N2O2.Li.H2O/c8-5(9)4-3-6-1-2-7-4;;/h1-3H,(H,8,9);;1H2/q;+1;/p-1. The fourth-order valence-corrected chi connectivity index (χ4v) is 0.405. The Morgan fingerprint density at radius 2 is 2.09 bits per heavy atom. The summed E-state index contributed by atoms with van der Waals surface area (Å²) in [5, 5.41) is 9.99. The summed E-state index contributed by atoms with van der Waals surface area (Å²) in [4.78, 5) is 17.0. The average molecular weight is 148 g/mol. The number of hydrogen-bond acceptors (Lipinski definition) is 4. The molecule has 0 fully saturated rings. The summed E-state index contributed by atoms with van der Waals surface area (Å²) in [6.45, 7) is 0. The largest absolute Gasteiger partial charge is 1.00 e. The van der Waals surface area contributed by atoms with Crippen molar-refractivity contribution >= 4 is 5.97 Å². The van der Waals surface area contributed by atoms with Crippen molar-refractivity contribution in [2.75, 3.05) is 0 Å². The van der Waals surface area contributed by atoms with Crippen LogP contribution in [0.5, 0.6) is 0 Å². The van der Waals surface area contributed by atoms with Gasteiger partial charge in [-0.05, 0) is 0 Å². The molecular formula is C5H5LiN2O3. The van der Waals surface area contributed by atoms with Crippen molar-refractivity contribution in [3.05, 3.63) is 24.3 Å². The van der Waals surface area contributed by atoms with Gasteiger partial charge in [-0.15, -0.1) is 0 Å². The molecule has 0 atom stereocenters. The maximum absolute atomic E-state index is 9.99. The van der Waals surface area contributed by atoms with Crippen molar-refractivity contribution in [3.8, 4) is 0 Å². The number of aromatic carboxylic acids is 1. The van der Waals surface area contributed by atoms with Gasteiger partial charge in [0, 0.05) is 12.4 Å². The second-order valence-electron chi connectivity index (χ2n) is 1.38. The van der Waals surface area contributed by atoms with Crippen molar-refractivity contribution in [1.82, 2.24) is 9.97 Å². The minimum Gasteiger partial charge on any atom is -0.543 e. The SMILES string of the molecule is O.O=C([O-])c1cnccn1.[Li+]. The molecule has 1 rings (SSSR count). The van der Waals surface area contributed by atoms with Gasteiger partial charge in [-0.2, -0.15) is 0 Å². The number of rotatable bonds is 1. The van der Waals surface area contributed by atoms with Gasteiger partial charge in [-0.25, -0.2) is 0 Å². The number of hydrogen-bond donors (Lipinski definition) is 0. The Hall–Kier alpha value is -0.893. The Bertz CT molecular complexity index is 216. The Labute approximate surface area is 75.0 Å². The van der Waals surface area contributed by atoms with Gasteiger partial charge in [0.2, 0.25) is 0 Å². The van der Waals surface area contributed by atoms with Crippen LogP contribution >= 0.6 is 0 Å². The average Bonchev–Trinajstić information content (AvgIpc) is 1.90. The Morgan fingerprint density at radius 1 is 1.45 bits per heavy atom. The Balaban J connectivity index is 0. The first-order valence-electron chi connectivity index (χ1n) is 2.28. The van der Waals surface area contributed by atoms with Crippen LogP contribution in [0, 0.1) is 0 Å². The third kappa shape index (κ3) is 3.73. The van der Waals surface area contributed by atoms with Crippen molar-refractivity contribution in [2.24, 2.45) is 0 Å². The van der Waals surface area contributed by atoms with E-state index in [9.17, 15) is 9.90 Å². The van der Waals surface area contributed by atoms with E-state index in [1.54, 1.807) is 0 Å². The molecule has 0 unspecified atom stereocenters. The molecule has 1 heterocycles. The van der Waals surface area contributed by atoms with Gasteiger partial charge >= 0.3 is 18.9 Å². The van der Waals surface area contributed by atoms with E-state index >= 15 is 0 Å². The molecule has 0 aromatic carbocycles. The maximum Gasteiger partial charge on any atom is 1.00 e. The Morgan fingerprint density at radius 3 is 2.36 bits per heavy atom. The number of nitrogens with zero attached hydrogens (tertiary/aromatic N) is 2. The quantitative estimate of drug-likeness (QED) is 0.372. The monoisotopic (exact) mass is 148 g/mol. The van der Waals surface area contributed by atoms with E-state index in [1.807, 2.05) is 0 Å². The summed E-state index contributed by atoms with van der Waals surface area (Å²) >= 11 is 0. The summed E-state index contributed by atoms with van der Waals surface area (Å²) in [6, 6.07) is 0. The van der Waals surface area contributed by atoms with Crippen LogP contribution in [-0.2, 0) is 0 Å². The molecule has 0 aliphatic rings. The van der Waals surface area contributed by atoms with Crippen LogP contribution in [0.25, 0.3) is 0 Å². The van der Waals surface area contributed by atoms with Crippen LogP contribution < -0.4 is 24.0 Å². The van der Waals surface area contributed by atoms with Gasteiger partial charge in [0.15, 0.2) is 0 Å². The summed E-state index contributed by atoms with van der Waals surface area (Å²) in [7, 11) is 0. The normalized spacial score (nSPS) is 7.27.